The third kappa shape index (κ3) is 5.86. The molecule has 0 aromatic carbocycles. The molecule has 0 unspecified atom stereocenters. The quantitative estimate of drug-likeness (QED) is 0.608. The molecule has 2 nitrogen and oxygen atoms in total. The molecule has 16 heavy (non-hydrogen) atoms. The van der Waals surface area contributed by atoms with Gasteiger partial charge in [-0.15, -0.1) is 0 Å². The Hall–Kier alpha value is -0.0800. The molecule has 96 valence electrons. The van der Waals surface area contributed by atoms with Crippen molar-refractivity contribution >= 4 is 0 Å². The number of hydrogen-bond donors (Lipinski definition) is 1. The summed E-state index contributed by atoms with van der Waals surface area (Å²) in [5.74, 6) is 0. The van der Waals surface area contributed by atoms with Crippen LogP contribution < -0.4 is 5.32 Å². The minimum atomic E-state index is 0.839. The van der Waals surface area contributed by atoms with Crippen LogP contribution in [0.3, 0.4) is 0 Å². The van der Waals surface area contributed by atoms with Gasteiger partial charge in [-0.05, 0) is 51.9 Å². The lowest BCUT2D eigenvalue weighted by Gasteiger charge is -2.20. The number of hydrogen-bond acceptors (Lipinski definition) is 2. The molecule has 2 heteroatoms. The topological polar surface area (TPSA) is 15.3 Å². The van der Waals surface area contributed by atoms with Crippen LogP contribution in [0.1, 0.15) is 58.8 Å². The van der Waals surface area contributed by atoms with Crippen molar-refractivity contribution in [3.05, 3.63) is 0 Å². The molecule has 1 rings (SSSR count). The first-order valence-corrected chi connectivity index (χ1v) is 7.32. The lowest BCUT2D eigenvalue weighted by molar-refractivity contribution is 0.276. The van der Waals surface area contributed by atoms with E-state index in [1.54, 1.807) is 0 Å². The number of nitrogens with one attached hydrogen (secondary N) is 1. The van der Waals surface area contributed by atoms with Crippen molar-refractivity contribution in [1.82, 2.24) is 10.2 Å². The second-order valence-corrected chi connectivity index (χ2v) is 5.08. The summed E-state index contributed by atoms with van der Waals surface area (Å²) in [5.41, 5.74) is 0. The smallest absolute Gasteiger partial charge is 0.00670 e. The van der Waals surface area contributed by atoms with Gasteiger partial charge >= 0.3 is 0 Å². The van der Waals surface area contributed by atoms with Crippen LogP contribution in [-0.4, -0.2) is 37.1 Å². The van der Waals surface area contributed by atoms with E-state index in [0.29, 0.717) is 0 Å². The molecule has 0 spiro atoms. The molecule has 1 N–H and O–H groups in total. The normalized spacial score (nSPS) is 17.4. The van der Waals surface area contributed by atoms with Crippen molar-refractivity contribution in [3.8, 4) is 0 Å². The van der Waals surface area contributed by atoms with Crippen LogP contribution in [0.25, 0.3) is 0 Å². The molecule has 0 aliphatic heterocycles. The van der Waals surface area contributed by atoms with Crippen LogP contribution in [0.5, 0.6) is 0 Å². The van der Waals surface area contributed by atoms with Crippen molar-refractivity contribution in [3.63, 3.8) is 0 Å². The van der Waals surface area contributed by atoms with Crippen LogP contribution in [0, 0.1) is 0 Å². The highest BCUT2D eigenvalue weighted by atomic mass is 15.1. The van der Waals surface area contributed by atoms with Gasteiger partial charge in [0.2, 0.25) is 0 Å². The van der Waals surface area contributed by atoms with Crippen molar-refractivity contribution in [2.24, 2.45) is 0 Å². The molecule has 0 amide bonds. The van der Waals surface area contributed by atoms with Crippen molar-refractivity contribution < 1.29 is 0 Å². The highest BCUT2D eigenvalue weighted by Gasteiger charge is 2.13. The summed E-state index contributed by atoms with van der Waals surface area (Å²) in [5, 5.41) is 3.69. The van der Waals surface area contributed by atoms with Crippen LogP contribution in [-0.2, 0) is 0 Å². The van der Waals surface area contributed by atoms with E-state index in [4.69, 9.17) is 0 Å². The summed E-state index contributed by atoms with van der Waals surface area (Å²) in [6.45, 7) is 9.54. The molecule has 0 radical (unpaired) electrons. The van der Waals surface area contributed by atoms with E-state index in [0.717, 1.165) is 6.04 Å². The van der Waals surface area contributed by atoms with Gasteiger partial charge in [0.25, 0.3) is 0 Å². The number of unbranched alkanes of at least 4 members (excludes halogenated alkanes) is 1. The van der Waals surface area contributed by atoms with Crippen LogP contribution in [0.4, 0.5) is 0 Å². The fourth-order valence-electron chi connectivity index (χ4n) is 2.55. The standard InChI is InChI=1S/C14H30N2/c1-3-5-12-16(4-2)13-8-11-15-14-9-6-7-10-14/h14-15H,3-13H2,1-2H3. The number of nitrogens with zero attached hydrogens (tertiary/aromatic N) is 1. The Labute approximate surface area is 102 Å². The first-order valence-electron chi connectivity index (χ1n) is 7.32. The molecule has 0 aromatic heterocycles. The van der Waals surface area contributed by atoms with Gasteiger partial charge in [-0.3, -0.25) is 0 Å². The molecule has 1 fully saturated rings. The van der Waals surface area contributed by atoms with Crippen molar-refractivity contribution in [2.75, 3.05) is 26.2 Å². The first-order chi connectivity index (χ1) is 7.86. The number of rotatable bonds is 9. The fourth-order valence-corrected chi connectivity index (χ4v) is 2.55. The van der Waals surface area contributed by atoms with Crippen molar-refractivity contribution in [2.45, 2.75) is 64.8 Å². The van der Waals surface area contributed by atoms with Crippen LogP contribution >= 0.6 is 0 Å². The summed E-state index contributed by atoms with van der Waals surface area (Å²) < 4.78 is 0. The Balaban J connectivity index is 1.95. The van der Waals surface area contributed by atoms with E-state index < -0.39 is 0 Å². The summed E-state index contributed by atoms with van der Waals surface area (Å²) in [4.78, 5) is 2.58. The maximum atomic E-state index is 3.69. The average Bonchev–Trinajstić information content (AvgIpc) is 2.81. The van der Waals surface area contributed by atoms with Gasteiger partial charge in [-0.25, -0.2) is 0 Å². The minimum Gasteiger partial charge on any atom is -0.314 e. The highest BCUT2D eigenvalue weighted by molar-refractivity contribution is 4.73. The molecule has 0 aromatic rings. The van der Waals surface area contributed by atoms with E-state index in [-0.39, 0.29) is 0 Å². The molecule has 1 aliphatic rings. The average molecular weight is 226 g/mol. The van der Waals surface area contributed by atoms with Crippen LogP contribution in [0.15, 0.2) is 0 Å². The molecule has 1 saturated carbocycles. The summed E-state index contributed by atoms with van der Waals surface area (Å²) in [6, 6.07) is 0.839. The minimum absolute atomic E-state index is 0.839. The molecular weight excluding hydrogens is 196 g/mol. The second-order valence-electron chi connectivity index (χ2n) is 5.08. The van der Waals surface area contributed by atoms with Gasteiger partial charge < -0.3 is 10.2 Å². The lowest BCUT2D eigenvalue weighted by Crippen LogP contribution is -2.31. The maximum Gasteiger partial charge on any atom is 0.00670 e. The predicted molar refractivity (Wildman–Crippen MR) is 71.9 cm³/mol. The summed E-state index contributed by atoms with van der Waals surface area (Å²) >= 11 is 0. The van der Waals surface area contributed by atoms with Crippen LogP contribution in [0.2, 0.25) is 0 Å². The molecule has 1 aliphatic carbocycles. The summed E-state index contributed by atoms with van der Waals surface area (Å²) in [6.07, 6.45) is 9.68. The molecule has 0 atom stereocenters. The Morgan fingerprint density at radius 3 is 2.38 bits per heavy atom. The first kappa shape index (κ1) is 14.0. The van der Waals surface area contributed by atoms with Gasteiger partial charge in [0.15, 0.2) is 0 Å². The maximum absolute atomic E-state index is 3.69. The van der Waals surface area contributed by atoms with E-state index in [9.17, 15) is 0 Å². The largest absolute Gasteiger partial charge is 0.314 e. The SMILES string of the molecule is CCCCN(CC)CCCNC1CCCC1. The molecule has 0 saturated heterocycles. The van der Waals surface area contributed by atoms with Crippen molar-refractivity contribution in [1.29, 1.82) is 0 Å². The predicted octanol–water partition coefficient (Wildman–Crippen LogP) is 3.03. The Morgan fingerprint density at radius 2 is 1.75 bits per heavy atom. The second kappa shape index (κ2) is 9.00. The third-order valence-electron chi connectivity index (χ3n) is 3.71. The lowest BCUT2D eigenvalue weighted by atomic mass is 10.2. The van der Waals surface area contributed by atoms with E-state index in [1.165, 1.54) is 71.1 Å². The van der Waals surface area contributed by atoms with Gasteiger partial charge in [-0.1, -0.05) is 33.1 Å². The zero-order chi connectivity index (χ0) is 11.6. The molecular formula is C14H30N2. The monoisotopic (exact) mass is 226 g/mol. The van der Waals surface area contributed by atoms with Gasteiger partial charge in [0.1, 0.15) is 0 Å². The fraction of sp³-hybridized carbons (Fsp3) is 1.00. The van der Waals surface area contributed by atoms with Gasteiger partial charge in [0, 0.05) is 6.04 Å². The van der Waals surface area contributed by atoms with Gasteiger partial charge in [-0.2, -0.15) is 0 Å². The summed E-state index contributed by atoms with van der Waals surface area (Å²) in [7, 11) is 0. The van der Waals surface area contributed by atoms with Gasteiger partial charge in [0.05, 0.1) is 0 Å². The third-order valence-corrected chi connectivity index (χ3v) is 3.71. The Kier molecular flexibility index (Phi) is 7.87. The van der Waals surface area contributed by atoms with E-state index >= 15 is 0 Å². The highest BCUT2D eigenvalue weighted by Crippen LogP contribution is 2.17. The Morgan fingerprint density at radius 1 is 1.06 bits per heavy atom. The zero-order valence-electron chi connectivity index (χ0n) is 11.3. The molecule has 0 bridgehead atoms. The zero-order valence-corrected chi connectivity index (χ0v) is 11.3. The van der Waals surface area contributed by atoms with E-state index in [1.807, 2.05) is 0 Å². The molecule has 0 heterocycles. The Bertz CT molecular complexity index is 153. The van der Waals surface area contributed by atoms with E-state index in [2.05, 4.69) is 24.1 Å².